The first-order valence-electron chi connectivity index (χ1n) is 5.70. The van der Waals surface area contributed by atoms with Crippen LogP contribution < -0.4 is 15.4 Å². The van der Waals surface area contributed by atoms with Gasteiger partial charge in [-0.1, -0.05) is 0 Å². The molecule has 1 amide bonds. The van der Waals surface area contributed by atoms with Gasteiger partial charge in [-0.2, -0.15) is 0 Å². The van der Waals surface area contributed by atoms with E-state index in [1.807, 2.05) is 0 Å². The number of halogens is 3. The van der Waals surface area contributed by atoms with Gasteiger partial charge in [-0.3, -0.25) is 4.79 Å². The molecule has 1 heterocycles. The standard InChI is InChI=1S/C12H14F2N2O2.ClH/c13-9-1-2-11(10(14)3-9)18-7-12(17)16-6-8-4-15-5-8;/h1-3,8,15H,4-7H2,(H,16,17);1H. The Balaban J connectivity index is 0.00000180. The molecule has 1 aromatic carbocycles. The molecule has 4 nitrogen and oxygen atoms in total. The number of hydrogen-bond acceptors (Lipinski definition) is 3. The third-order valence-electron chi connectivity index (χ3n) is 2.71. The van der Waals surface area contributed by atoms with Crippen LogP contribution >= 0.6 is 12.4 Å². The summed E-state index contributed by atoms with van der Waals surface area (Å²) in [6, 6.07) is 2.96. The zero-order chi connectivity index (χ0) is 13.0. The summed E-state index contributed by atoms with van der Waals surface area (Å²) < 4.78 is 30.8. The molecule has 2 rings (SSSR count). The highest BCUT2D eigenvalue weighted by Crippen LogP contribution is 2.17. The number of nitrogens with one attached hydrogen (secondary N) is 2. The third kappa shape index (κ3) is 4.65. The Kier molecular flexibility index (Phi) is 5.98. The molecule has 1 saturated heterocycles. The first-order valence-corrected chi connectivity index (χ1v) is 5.70. The summed E-state index contributed by atoms with van der Waals surface area (Å²) in [7, 11) is 0. The van der Waals surface area contributed by atoms with Gasteiger partial charge in [-0.05, 0) is 12.1 Å². The van der Waals surface area contributed by atoms with Crippen molar-refractivity contribution < 1.29 is 18.3 Å². The molecule has 0 unspecified atom stereocenters. The van der Waals surface area contributed by atoms with Crippen molar-refractivity contribution >= 4 is 18.3 Å². The Morgan fingerprint density at radius 3 is 2.74 bits per heavy atom. The van der Waals surface area contributed by atoms with Gasteiger partial charge in [0.15, 0.2) is 18.2 Å². The van der Waals surface area contributed by atoms with Crippen LogP contribution in [0.15, 0.2) is 18.2 Å². The molecule has 0 atom stereocenters. The van der Waals surface area contributed by atoms with Crippen LogP contribution in [0.3, 0.4) is 0 Å². The Bertz CT molecular complexity index is 442. The molecule has 106 valence electrons. The van der Waals surface area contributed by atoms with Gasteiger partial charge in [0, 0.05) is 31.6 Å². The van der Waals surface area contributed by atoms with E-state index >= 15 is 0 Å². The molecule has 0 radical (unpaired) electrons. The second-order valence-corrected chi connectivity index (χ2v) is 4.19. The van der Waals surface area contributed by atoms with Crippen molar-refractivity contribution in [3.63, 3.8) is 0 Å². The highest BCUT2D eigenvalue weighted by molar-refractivity contribution is 5.85. The quantitative estimate of drug-likeness (QED) is 0.854. The minimum atomic E-state index is -0.814. The number of ether oxygens (including phenoxy) is 1. The summed E-state index contributed by atoms with van der Waals surface area (Å²) in [5.74, 6) is -1.48. The minimum absolute atomic E-state index is 0. The summed E-state index contributed by atoms with van der Waals surface area (Å²) in [6.45, 7) is 2.10. The second kappa shape index (κ2) is 7.25. The van der Waals surface area contributed by atoms with Gasteiger partial charge in [0.25, 0.3) is 5.91 Å². The number of carbonyl (C=O) groups is 1. The molecular formula is C12H15ClF2N2O2. The maximum Gasteiger partial charge on any atom is 0.257 e. The Hall–Kier alpha value is -1.40. The summed E-state index contributed by atoms with van der Waals surface area (Å²) in [5.41, 5.74) is 0. The lowest BCUT2D eigenvalue weighted by atomic mass is 10.0. The smallest absolute Gasteiger partial charge is 0.257 e. The predicted molar refractivity (Wildman–Crippen MR) is 68.5 cm³/mol. The first-order chi connectivity index (χ1) is 8.65. The van der Waals surface area contributed by atoms with Crippen LogP contribution in [0.1, 0.15) is 0 Å². The molecule has 1 fully saturated rings. The van der Waals surface area contributed by atoms with Crippen molar-refractivity contribution in [2.45, 2.75) is 0 Å². The summed E-state index contributed by atoms with van der Waals surface area (Å²) in [5, 5.41) is 5.77. The fourth-order valence-corrected chi connectivity index (χ4v) is 1.54. The van der Waals surface area contributed by atoms with Crippen molar-refractivity contribution in [2.24, 2.45) is 5.92 Å². The summed E-state index contributed by atoms with van der Waals surface area (Å²) >= 11 is 0. The molecule has 7 heteroatoms. The van der Waals surface area contributed by atoms with E-state index in [4.69, 9.17) is 4.74 Å². The van der Waals surface area contributed by atoms with Crippen LogP contribution in [0.4, 0.5) is 8.78 Å². The highest BCUT2D eigenvalue weighted by Gasteiger charge is 2.17. The van der Waals surface area contributed by atoms with Gasteiger partial charge in [-0.25, -0.2) is 8.78 Å². The van der Waals surface area contributed by atoms with E-state index in [9.17, 15) is 13.6 Å². The predicted octanol–water partition coefficient (Wildman–Crippen LogP) is 1.10. The molecule has 0 saturated carbocycles. The SMILES string of the molecule is Cl.O=C(COc1ccc(F)cc1F)NCC1CNC1. The molecule has 0 spiro atoms. The fourth-order valence-electron chi connectivity index (χ4n) is 1.54. The van der Waals surface area contributed by atoms with Crippen LogP contribution in [-0.2, 0) is 4.79 Å². The molecule has 2 N–H and O–H groups in total. The van der Waals surface area contributed by atoms with Gasteiger partial charge in [0.05, 0.1) is 0 Å². The zero-order valence-corrected chi connectivity index (χ0v) is 10.9. The van der Waals surface area contributed by atoms with Crippen molar-refractivity contribution in [1.82, 2.24) is 10.6 Å². The molecular weight excluding hydrogens is 278 g/mol. The second-order valence-electron chi connectivity index (χ2n) is 4.19. The third-order valence-corrected chi connectivity index (χ3v) is 2.71. The van der Waals surface area contributed by atoms with Crippen molar-refractivity contribution in [3.8, 4) is 5.75 Å². The van der Waals surface area contributed by atoms with Crippen LogP contribution in [0.2, 0.25) is 0 Å². The molecule has 0 bridgehead atoms. The van der Waals surface area contributed by atoms with Crippen molar-refractivity contribution in [1.29, 1.82) is 0 Å². The fraction of sp³-hybridized carbons (Fsp3) is 0.417. The average Bonchev–Trinajstić information content (AvgIpc) is 2.25. The van der Waals surface area contributed by atoms with Gasteiger partial charge in [0.1, 0.15) is 5.82 Å². The summed E-state index contributed by atoms with van der Waals surface area (Å²) in [6.07, 6.45) is 0. The maximum atomic E-state index is 13.2. The monoisotopic (exact) mass is 292 g/mol. The van der Waals surface area contributed by atoms with E-state index < -0.39 is 11.6 Å². The lowest BCUT2D eigenvalue weighted by Gasteiger charge is -2.27. The molecule has 19 heavy (non-hydrogen) atoms. The van der Waals surface area contributed by atoms with Crippen LogP contribution in [0, 0.1) is 17.6 Å². The molecule has 1 aromatic rings. The minimum Gasteiger partial charge on any atom is -0.481 e. The van der Waals surface area contributed by atoms with E-state index in [2.05, 4.69) is 10.6 Å². The lowest BCUT2D eigenvalue weighted by molar-refractivity contribution is -0.123. The molecule has 0 aliphatic carbocycles. The molecule has 0 aromatic heterocycles. The zero-order valence-electron chi connectivity index (χ0n) is 10.1. The van der Waals surface area contributed by atoms with Crippen LogP contribution in [0.25, 0.3) is 0 Å². The van der Waals surface area contributed by atoms with Gasteiger partial charge < -0.3 is 15.4 Å². The Morgan fingerprint density at radius 2 is 2.16 bits per heavy atom. The number of rotatable bonds is 5. The van der Waals surface area contributed by atoms with Crippen LogP contribution in [0.5, 0.6) is 5.75 Å². The number of hydrogen-bond donors (Lipinski definition) is 2. The molecule has 1 aliphatic rings. The highest BCUT2D eigenvalue weighted by atomic mass is 35.5. The summed E-state index contributed by atoms with van der Waals surface area (Å²) in [4.78, 5) is 11.4. The van der Waals surface area contributed by atoms with E-state index in [-0.39, 0.29) is 30.7 Å². The van der Waals surface area contributed by atoms with E-state index in [1.54, 1.807) is 0 Å². The number of amides is 1. The largest absolute Gasteiger partial charge is 0.481 e. The average molecular weight is 293 g/mol. The Labute approximate surface area is 115 Å². The normalized spacial score (nSPS) is 14.2. The van der Waals surface area contributed by atoms with Gasteiger partial charge in [-0.15, -0.1) is 12.4 Å². The van der Waals surface area contributed by atoms with Crippen LogP contribution in [-0.4, -0.2) is 32.1 Å². The van der Waals surface area contributed by atoms with Gasteiger partial charge >= 0.3 is 0 Å². The van der Waals surface area contributed by atoms with Crippen molar-refractivity contribution in [3.05, 3.63) is 29.8 Å². The van der Waals surface area contributed by atoms with E-state index in [1.165, 1.54) is 0 Å². The van der Waals surface area contributed by atoms with E-state index in [0.29, 0.717) is 18.5 Å². The first kappa shape index (κ1) is 15.7. The number of benzene rings is 1. The topological polar surface area (TPSA) is 50.4 Å². The number of carbonyl (C=O) groups excluding carboxylic acids is 1. The van der Waals surface area contributed by atoms with Crippen molar-refractivity contribution in [2.75, 3.05) is 26.2 Å². The van der Waals surface area contributed by atoms with E-state index in [0.717, 1.165) is 25.2 Å². The Morgan fingerprint density at radius 1 is 1.42 bits per heavy atom. The maximum absolute atomic E-state index is 13.2. The molecule has 1 aliphatic heterocycles. The lowest BCUT2D eigenvalue weighted by Crippen LogP contribution is -2.48. The van der Waals surface area contributed by atoms with Gasteiger partial charge in [0.2, 0.25) is 0 Å².